The van der Waals surface area contributed by atoms with E-state index in [0.29, 0.717) is 21.3 Å². The molecule has 150 valence electrons. The van der Waals surface area contributed by atoms with Crippen molar-refractivity contribution in [1.29, 1.82) is 0 Å². The lowest BCUT2D eigenvalue weighted by Crippen LogP contribution is -2.69. The van der Waals surface area contributed by atoms with Gasteiger partial charge in [0.2, 0.25) is 5.72 Å². The minimum Gasteiger partial charge on any atom is -0.424 e. The summed E-state index contributed by atoms with van der Waals surface area (Å²) < 4.78 is 5.54. The van der Waals surface area contributed by atoms with Crippen LogP contribution in [0.1, 0.15) is 0 Å². The van der Waals surface area contributed by atoms with Crippen LogP contribution in [0.15, 0.2) is 28.9 Å². The summed E-state index contributed by atoms with van der Waals surface area (Å²) in [6.07, 6.45) is 0.974. The van der Waals surface area contributed by atoms with Crippen molar-refractivity contribution in [3.63, 3.8) is 0 Å². The van der Waals surface area contributed by atoms with Crippen LogP contribution in [0.5, 0.6) is 0 Å². The number of hydrogen-bond donors (Lipinski definition) is 7. The molecule has 4 aromatic rings. The van der Waals surface area contributed by atoms with Gasteiger partial charge in [-0.05, 0) is 18.2 Å². The van der Waals surface area contributed by atoms with Crippen molar-refractivity contribution in [2.24, 2.45) is 0 Å². The maximum Gasteiger partial charge on any atom is 0.292 e. The van der Waals surface area contributed by atoms with Crippen molar-refractivity contribution >= 4 is 49.7 Å². The molecule has 4 radical (unpaired) electrons. The highest BCUT2D eigenvalue weighted by Gasteiger charge is 2.59. The standard InChI is InChI=1S/C15H13B2N7O6/c16-14(26,27)13(25,15(17,28)29)24-11-8(10(18)20-4-21-11)9(23-24)5-1-2-7-6(3-5)22-12(19)30-7/h1-4,25-29H,(H2,19,22)(H2,18,20,21). The van der Waals surface area contributed by atoms with Crippen molar-refractivity contribution in [3.05, 3.63) is 24.5 Å². The molecule has 9 N–H and O–H groups in total. The SMILES string of the molecule is [B]C(O)(O)C(O)(n1nc(-c2ccc3oc(N)nc3c2)c2c(N)ncnc21)C([B])(O)O. The van der Waals surface area contributed by atoms with E-state index >= 15 is 0 Å². The van der Waals surface area contributed by atoms with Crippen molar-refractivity contribution in [3.8, 4) is 11.3 Å². The molecule has 0 aliphatic rings. The lowest BCUT2D eigenvalue weighted by molar-refractivity contribution is -0.357. The van der Waals surface area contributed by atoms with Gasteiger partial charge in [-0.25, -0.2) is 14.6 Å². The Hall–Kier alpha value is -3.23. The van der Waals surface area contributed by atoms with E-state index in [1.54, 1.807) is 0 Å². The first kappa shape index (κ1) is 20.1. The maximum absolute atomic E-state index is 10.8. The topological polar surface area (TPSA) is 223 Å². The van der Waals surface area contributed by atoms with Crippen molar-refractivity contribution in [1.82, 2.24) is 24.7 Å². The molecular formula is C15H13B2N7O6. The second-order valence-electron chi connectivity index (χ2n) is 6.58. The smallest absolute Gasteiger partial charge is 0.292 e. The Bertz CT molecular complexity index is 1260. The van der Waals surface area contributed by atoms with E-state index < -0.39 is 17.1 Å². The highest BCUT2D eigenvalue weighted by molar-refractivity contribution is 6.17. The monoisotopic (exact) mass is 409 g/mol. The largest absolute Gasteiger partial charge is 0.424 e. The van der Waals surface area contributed by atoms with Crippen molar-refractivity contribution in [2.75, 3.05) is 11.5 Å². The molecule has 15 heteroatoms. The number of anilines is 2. The van der Waals surface area contributed by atoms with Gasteiger partial charge in [0.05, 0.1) is 5.39 Å². The molecule has 0 bridgehead atoms. The Labute approximate surface area is 169 Å². The van der Waals surface area contributed by atoms with Gasteiger partial charge in [-0.15, -0.1) is 0 Å². The zero-order valence-corrected chi connectivity index (χ0v) is 15.0. The predicted molar refractivity (Wildman–Crippen MR) is 103 cm³/mol. The normalized spacial score (nSPS) is 13.4. The molecule has 0 atom stereocenters. The summed E-state index contributed by atoms with van der Waals surface area (Å²) in [5, 5.41) is 54.4. The van der Waals surface area contributed by atoms with Gasteiger partial charge in [0.25, 0.3) is 6.01 Å². The number of rotatable bonds is 4. The number of nitrogen functional groups attached to an aromatic ring is 2. The molecule has 4 rings (SSSR count). The zero-order chi connectivity index (χ0) is 22.1. The van der Waals surface area contributed by atoms with Crippen LogP contribution in [-0.4, -0.2) is 77.3 Å². The third-order valence-corrected chi connectivity index (χ3v) is 4.50. The summed E-state index contributed by atoms with van der Waals surface area (Å²) in [6, 6.07) is 4.50. The molecular weight excluding hydrogens is 396 g/mol. The maximum atomic E-state index is 10.8. The molecule has 0 aliphatic heterocycles. The highest BCUT2D eigenvalue weighted by Crippen LogP contribution is 2.38. The molecule has 0 amide bonds. The van der Waals surface area contributed by atoms with Crippen LogP contribution in [0, 0.1) is 0 Å². The van der Waals surface area contributed by atoms with Gasteiger partial charge in [0.15, 0.2) is 38.3 Å². The minimum absolute atomic E-state index is 0.00139. The fourth-order valence-electron chi connectivity index (χ4n) is 3.08. The second-order valence-corrected chi connectivity index (χ2v) is 6.58. The van der Waals surface area contributed by atoms with E-state index in [2.05, 4.69) is 20.1 Å². The van der Waals surface area contributed by atoms with E-state index in [1.165, 1.54) is 18.2 Å². The van der Waals surface area contributed by atoms with Gasteiger partial charge < -0.3 is 41.4 Å². The first-order valence-electron chi connectivity index (χ1n) is 8.20. The number of nitrogens with two attached hydrogens (primary N) is 2. The summed E-state index contributed by atoms with van der Waals surface area (Å²) >= 11 is 0. The fourth-order valence-corrected chi connectivity index (χ4v) is 3.08. The number of oxazole rings is 1. The zero-order valence-electron chi connectivity index (χ0n) is 15.0. The van der Waals surface area contributed by atoms with Crippen LogP contribution in [0.3, 0.4) is 0 Å². The third kappa shape index (κ3) is 2.72. The molecule has 3 heterocycles. The molecule has 0 aliphatic carbocycles. The molecule has 13 nitrogen and oxygen atoms in total. The van der Waals surface area contributed by atoms with Crippen molar-refractivity contribution in [2.45, 2.75) is 17.1 Å². The van der Waals surface area contributed by atoms with E-state index in [-0.39, 0.29) is 28.6 Å². The quantitative estimate of drug-likeness (QED) is 0.133. The van der Waals surface area contributed by atoms with E-state index in [0.717, 1.165) is 6.33 Å². The van der Waals surface area contributed by atoms with Gasteiger partial charge in [-0.2, -0.15) is 10.1 Å². The molecule has 30 heavy (non-hydrogen) atoms. The number of aliphatic hydroxyl groups is 5. The van der Waals surface area contributed by atoms with Gasteiger partial charge in [-0.3, -0.25) is 0 Å². The summed E-state index contributed by atoms with van der Waals surface area (Å²) in [6.45, 7) is 0. The third-order valence-electron chi connectivity index (χ3n) is 4.50. The average Bonchev–Trinajstić information content (AvgIpc) is 3.19. The Morgan fingerprint density at radius 3 is 2.30 bits per heavy atom. The summed E-state index contributed by atoms with van der Waals surface area (Å²) in [5.74, 6) is -0.125. The van der Waals surface area contributed by atoms with Crippen LogP contribution in [0.2, 0.25) is 0 Å². The Morgan fingerprint density at radius 1 is 1.00 bits per heavy atom. The van der Waals surface area contributed by atoms with Crippen LogP contribution in [0.25, 0.3) is 33.4 Å². The van der Waals surface area contributed by atoms with E-state index in [9.17, 15) is 25.5 Å². The first-order chi connectivity index (χ1) is 13.8. The fraction of sp³-hybridized carbons (Fsp3) is 0.200. The van der Waals surface area contributed by atoms with E-state index in [4.69, 9.17) is 31.6 Å². The number of nitrogens with zero attached hydrogens (tertiary/aromatic N) is 5. The Balaban J connectivity index is 2.08. The van der Waals surface area contributed by atoms with Gasteiger partial charge in [-0.1, -0.05) is 0 Å². The summed E-state index contributed by atoms with van der Waals surface area (Å²) in [5.41, 5.74) is 1.22. The van der Waals surface area contributed by atoms with Crippen molar-refractivity contribution < 1.29 is 29.9 Å². The van der Waals surface area contributed by atoms with Gasteiger partial charge in [0, 0.05) is 5.56 Å². The molecule has 0 unspecified atom stereocenters. The predicted octanol–water partition coefficient (Wildman–Crippen LogP) is -2.94. The lowest BCUT2D eigenvalue weighted by Gasteiger charge is -2.44. The number of fused-ring (bicyclic) bond motifs is 2. The van der Waals surface area contributed by atoms with Crippen LogP contribution < -0.4 is 11.5 Å². The molecule has 0 fully saturated rings. The van der Waals surface area contributed by atoms with Crippen LogP contribution >= 0.6 is 0 Å². The van der Waals surface area contributed by atoms with Gasteiger partial charge in [0.1, 0.15) is 23.4 Å². The lowest BCUT2D eigenvalue weighted by atomic mass is 9.72. The molecule has 0 saturated carbocycles. The summed E-state index contributed by atoms with van der Waals surface area (Å²) in [7, 11) is 10.4. The number of benzene rings is 1. The molecule has 0 saturated heterocycles. The Kier molecular flexibility index (Phi) is 4.10. The minimum atomic E-state index is -3.69. The highest BCUT2D eigenvalue weighted by atomic mass is 16.6. The molecule has 3 aromatic heterocycles. The average molecular weight is 409 g/mol. The number of aromatic nitrogens is 5. The molecule has 0 spiro atoms. The van der Waals surface area contributed by atoms with Gasteiger partial charge >= 0.3 is 0 Å². The van der Waals surface area contributed by atoms with Crippen LogP contribution in [0.4, 0.5) is 11.8 Å². The second kappa shape index (κ2) is 6.13. The summed E-state index contributed by atoms with van der Waals surface area (Å²) in [4.78, 5) is 11.7. The van der Waals surface area contributed by atoms with Crippen LogP contribution in [-0.2, 0) is 5.72 Å². The van der Waals surface area contributed by atoms with E-state index in [1.807, 2.05) is 0 Å². The molecule has 1 aromatic carbocycles. The first-order valence-corrected chi connectivity index (χ1v) is 8.20. The number of hydrogen-bond acceptors (Lipinski definition) is 12. The Morgan fingerprint density at radius 2 is 1.67 bits per heavy atom.